The predicted octanol–water partition coefficient (Wildman–Crippen LogP) is 4.40. The fourth-order valence-corrected chi connectivity index (χ4v) is 2.59. The fraction of sp³-hybridized carbons (Fsp3) is 0.368. The summed E-state index contributed by atoms with van der Waals surface area (Å²) in [5.74, 6) is 0.944. The molecule has 0 saturated carbocycles. The molecule has 0 aromatic heterocycles. The van der Waals surface area contributed by atoms with Crippen LogP contribution in [0.3, 0.4) is 0 Å². The minimum atomic E-state index is 0.190. The Balaban J connectivity index is 2.35. The summed E-state index contributed by atoms with van der Waals surface area (Å²) < 4.78 is 5.75. The van der Waals surface area contributed by atoms with Crippen LogP contribution in [0, 0.1) is 13.8 Å². The molecule has 2 aromatic rings. The molecule has 2 aromatic carbocycles. The van der Waals surface area contributed by atoms with E-state index in [9.17, 15) is 0 Å². The lowest BCUT2D eigenvalue weighted by Gasteiger charge is -2.21. The van der Waals surface area contributed by atoms with E-state index < -0.39 is 0 Å². The van der Waals surface area contributed by atoms with E-state index in [1.54, 1.807) is 0 Å². The van der Waals surface area contributed by atoms with Crippen LogP contribution in [0.5, 0.6) is 5.75 Å². The van der Waals surface area contributed by atoms with Crippen molar-refractivity contribution in [3.63, 3.8) is 0 Å². The highest BCUT2D eigenvalue weighted by molar-refractivity contribution is 5.42. The molecule has 0 saturated heterocycles. The van der Waals surface area contributed by atoms with Crippen LogP contribution in [0.1, 0.15) is 41.6 Å². The van der Waals surface area contributed by atoms with Crippen molar-refractivity contribution in [3.05, 3.63) is 64.7 Å². The number of nitrogens with one attached hydrogen (secondary N) is 1. The SMILES string of the molecule is CCCOc1cccc(C(NC)c2cccc(C)c2C)c1. The van der Waals surface area contributed by atoms with Crippen molar-refractivity contribution in [1.82, 2.24) is 5.32 Å². The lowest BCUT2D eigenvalue weighted by molar-refractivity contribution is 0.317. The lowest BCUT2D eigenvalue weighted by Crippen LogP contribution is -2.19. The Bertz CT molecular complexity index is 592. The molecule has 0 heterocycles. The molecule has 0 spiro atoms. The van der Waals surface area contributed by atoms with E-state index in [0.29, 0.717) is 0 Å². The molecule has 2 heteroatoms. The van der Waals surface area contributed by atoms with Crippen molar-refractivity contribution in [3.8, 4) is 5.75 Å². The molecule has 0 radical (unpaired) electrons. The Kier molecular flexibility index (Phi) is 5.40. The smallest absolute Gasteiger partial charge is 0.119 e. The molecule has 1 N–H and O–H groups in total. The van der Waals surface area contributed by atoms with Crippen molar-refractivity contribution < 1.29 is 4.74 Å². The van der Waals surface area contributed by atoms with E-state index >= 15 is 0 Å². The molecule has 0 bridgehead atoms. The van der Waals surface area contributed by atoms with E-state index in [1.165, 1.54) is 22.3 Å². The zero-order valence-electron chi connectivity index (χ0n) is 13.4. The Morgan fingerprint density at radius 3 is 2.57 bits per heavy atom. The van der Waals surface area contributed by atoms with Gasteiger partial charge in [-0.25, -0.2) is 0 Å². The zero-order valence-corrected chi connectivity index (χ0v) is 13.4. The number of hydrogen-bond donors (Lipinski definition) is 1. The normalized spacial score (nSPS) is 12.2. The third-order valence-corrected chi connectivity index (χ3v) is 3.91. The van der Waals surface area contributed by atoms with Gasteiger partial charge in [0.15, 0.2) is 0 Å². The van der Waals surface area contributed by atoms with Gasteiger partial charge in [0.25, 0.3) is 0 Å². The average Bonchev–Trinajstić information content (AvgIpc) is 2.50. The Labute approximate surface area is 128 Å². The summed E-state index contributed by atoms with van der Waals surface area (Å²) in [5.41, 5.74) is 5.23. The van der Waals surface area contributed by atoms with Gasteiger partial charge in [0.2, 0.25) is 0 Å². The molecule has 1 atom stereocenters. The van der Waals surface area contributed by atoms with Gasteiger partial charge in [-0.15, -0.1) is 0 Å². The number of benzene rings is 2. The molecule has 0 amide bonds. The van der Waals surface area contributed by atoms with Crippen LogP contribution in [-0.2, 0) is 0 Å². The van der Waals surface area contributed by atoms with E-state index in [-0.39, 0.29) is 6.04 Å². The topological polar surface area (TPSA) is 21.3 Å². The van der Waals surface area contributed by atoms with E-state index in [2.05, 4.69) is 62.5 Å². The van der Waals surface area contributed by atoms with Gasteiger partial charge >= 0.3 is 0 Å². The summed E-state index contributed by atoms with van der Waals surface area (Å²) in [7, 11) is 2.01. The molecule has 2 nitrogen and oxygen atoms in total. The number of ether oxygens (including phenoxy) is 1. The second-order valence-corrected chi connectivity index (χ2v) is 5.43. The van der Waals surface area contributed by atoms with Gasteiger partial charge in [-0.05, 0) is 61.7 Å². The highest BCUT2D eigenvalue weighted by Crippen LogP contribution is 2.28. The maximum atomic E-state index is 5.75. The largest absolute Gasteiger partial charge is 0.494 e. The zero-order chi connectivity index (χ0) is 15.2. The quantitative estimate of drug-likeness (QED) is 0.848. The molecular weight excluding hydrogens is 258 g/mol. The first-order valence-electron chi connectivity index (χ1n) is 7.63. The Morgan fingerprint density at radius 1 is 1.10 bits per heavy atom. The fourth-order valence-electron chi connectivity index (χ4n) is 2.59. The van der Waals surface area contributed by atoms with Crippen LogP contribution in [-0.4, -0.2) is 13.7 Å². The van der Waals surface area contributed by atoms with E-state index in [0.717, 1.165) is 18.8 Å². The van der Waals surface area contributed by atoms with Crippen LogP contribution in [0.25, 0.3) is 0 Å². The molecule has 21 heavy (non-hydrogen) atoms. The van der Waals surface area contributed by atoms with Crippen LogP contribution in [0.4, 0.5) is 0 Å². The maximum absolute atomic E-state index is 5.75. The van der Waals surface area contributed by atoms with Gasteiger partial charge in [0, 0.05) is 0 Å². The van der Waals surface area contributed by atoms with Gasteiger partial charge < -0.3 is 10.1 Å². The highest BCUT2D eigenvalue weighted by atomic mass is 16.5. The van der Waals surface area contributed by atoms with Crippen LogP contribution in [0.15, 0.2) is 42.5 Å². The molecule has 0 aliphatic heterocycles. The lowest BCUT2D eigenvalue weighted by atomic mass is 9.93. The van der Waals surface area contributed by atoms with Crippen LogP contribution >= 0.6 is 0 Å². The molecule has 0 aliphatic rings. The monoisotopic (exact) mass is 283 g/mol. The minimum Gasteiger partial charge on any atom is -0.494 e. The van der Waals surface area contributed by atoms with E-state index in [4.69, 9.17) is 4.74 Å². The number of rotatable bonds is 6. The van der Waals surface area contributed by atoms with Crippen molar-refractivity contribution in [2.24, 2.45) is 0 Å². The first-order chi connectivity index (χ1) is 10.2. The first kappa shape index (κ1) is 15.6. The van der Waals surface area contributed by atoms with Gasteiger partial charge in [0.05, 0.1) is 12.6 Å². The van der Waals surface area contributed by atoms with Gasteiger partial charge in [-0.3, -0.25) is 0 Å². The predicted molar refractivity (Wildman–Crippen MR) is 89.0 cm³/mol. The third kappa shape index (κ3) is 3.64. The summed E-state index contributed by atoms with van der Waals surface area (Å²) in [6.45, 7) is 7.23. The summed E-state index contributed by atoms with van der Waals surface area (Å²) in [5, 5.41) is 3.43. The summed E-state index contributed by atoms with van der Waals surface area (Å²) in [6, 6.07) is 15.1. The minimum absolute atomic E-state index is 0.190. The molecule has 0 aliphatic carbocycles. The van der Waals surface area contributed by atoms with Gasteiger partial charge in [0.1, 0.15) is 5.75 Å². The van der Waals surface area contributed by atoms with Crippen LogP contribution < -0.4 is 10.1 Å². The molecule has 2 rings (SSSR count). The summed E-state index contributed by atoms with van der Waals surface area (Å²) in [4.78, 5) is 0. The standard InChI is InChI=1S/C19H25NO/c1-5-12-21-17-10-7-9-16(13-17)19(20-4)18-11-6-8-14(2)15(18)3/h6-11,13,19-20H,5,12H2,1-4H3. The molecule has 0 fully saturated rings. The second kappa shape index (κ2) is 7.28. The van der Waals surface area contributed by atoms with Crippen LogP contribution in [0.2, 0.25) is 0 Å². The highest BCUT2D eigenvalue weighted by Gasteiger charge is 2.15. The van der Waals surface area contributed by atoms with Crippen molar-refractivity contribution >= 4 is 0 Å². The van der Waals surface area contributed by atoms with Crippen molar-refractivity contribution in [2.75, 3.05) is 13.7 Å². The third-order valence-electron chi connectivity index (χ3n) is 3.91. The van der Waals surface area contributed by atoms with Crippen molar-refractivity contribution in [2.45, 2.75) is 33.2 Å². The Morgan fingerprint density at radius 2 is 1.86 bits per heavy atom. The Hall–Kier alpha value is -1.80. The summed E-state index contributed by atoms with van der Waals surface area (Å²) in [6.07, 6.45) is 1.02. The molecule has 112 valence electrons. The summed E-state index contributed by atoms with van der Waals surface area (Å²) >= 11 is 0. The maximum Gasteiger partial charge on any atom is 0.119 e. The number of hydrogen-bond acceptors (Lipinski definition) is 2. The van der Waals surface area contributed by atoms with Gasteiger partial charge in [-0.2, -0.15) is 0 Å². The molecule has 1 unspecified atom stereocenters. The number of aryl methyl sites for hydroxylation is 1. The van der Waals surface area contributed by atoms with E-state index in [1.807, 2.05) is 13.1 Å². The first-order valence-corrected chi connectivity index (χ1v) is 7.63. The molecular formula is C19H25NO. The van der Waals surface area contributed by atoms with Crippen molar-refractivity contribution in [1.29, 1.82) is 0 Å². The van der Waals surface area contributed by atoms with Gasteiger partial charge in [-0.1, -0.05) is 37.3 Å². The second-order valence-electron chi connectivity index (χ2n) is 5.43. The average molecular weight is 283 g/mol.